The smallest absolute Gasteiger partial charge is 0.407 e. The van der Waals surface area contributed by atoms with E-state index in [1.807, 2.05) is 0 Å². The summed E-state index contributed by atoms with van der Waals surface area (Å²) in [6.07, 6.45) is 2.42. The van der Waals surface area contributed by atoms with Crippen molar-refractivity contribution in [2.45, 2.75) is 32.9 Å². The summed E-state index contributed by atoms with van der Waals surface area (Å²) in [6.45, 7) is 5.59. The van der Waals surface area contributed by atoms with Gasteiger partial charge in [-0.25, -0.2) is 14.1 Å². The first kappa shape index (κ1) is 14.8. The minimum Gasteiger partial charge on any atom is -0.478 e. The van der Waals surface area contributed by atoms with Crippen LogP contribution in [-0.2, 0) is 11.3 Å². The zero-order valence-electron chi connectivity index (χ0n) is 12.1. The molecule has 0 saturated carbocycles. The van der Waals surface area contributed by atoms with Crippen LogP contribution in [0.25, 0.3) is 5.52 Å². The van der Waals surface area contributed by atoms with Crippen LogP contribution in [0.2, 0.25) is 0 Å². The Morgan fingerprint density at radius 2 is 2.14 bits per heavy atom. The number of alkyl carbamates (subject to hydrolysis) is 1. The first-order valence-corrected chi connectivity index (χ1v) is 6.43. The maximum Gasteiger partial charge on any atom is 0.407 e. The Morgan fingerprint density at radius 3 is 2.76 bits per heavy atom. The third-order valence-electron chi connectivity index (χ3n) is 2.65. The number of carbonyl (C=O) groups excluding carboxylic acids is 1. The van der Waals surface area contributed by atoms with Gasteiger partial charge in [0.25, 0.3) is 0 Å². The van der Waals surface area contributed by atoms with Crippen molar-refractivity contribution in [1.82, 2.24) is 14.9 Å². The van der Waals surface area contributed by atoms with Crippen LogP contribution in [0.1, 0.15) is 36.7 Å². The molecule has 0 aliphatic heterocycles. The van der Waals surface area contributed by atoms with Crippen LogP contribution < -0.4 is 5.32 Å². The molecule has 7 heteroatoms. The second kappa shape index (κ2) is 5.43. The molecular formula is C14H17N3O4. The number of carbonyl (C=O) groups is 2. The number of nitrogens with zero attached hydrogens (tertiary/aromatic N) is 2. The molecule has 112 valence electrons. The average molecular weight is 291 g/mol. The highest BCUT2D eigenvalue weighted by Crippen LogP contribution is 2.13. The van der Waals surface area contributed by atoms with Gasteiger partial charge in [-0.1, -0.05) is 0 Å². The summed E-state index contributed by atoms with van der Waals surface area (Å²) in [5, 5.41) is 15.6. The molecule has 0 atom stereocenters. The van der Waals surface area contributed by atoms with Gasteiger partial charge in [0, 0.05) is 12.7 Å². The second-order valence-electron chi connectivity index (χ2n) is 5.58. The van der Waals surface area contributed by atoms with Crippen LogP contribution in [0.15, 0.2) is 24.5 Å². The number of hydrogen-bond donors (Lipinski definition) is 2. The number of hydrogen-bond acceptors (Lipinski definition) is 4. The van der Waals surface area contributed by atoms with E-state index >= 15 is 0 Å². The zero-order valence-corrected chi connectivity index (χ0v) is 12.1. The quantitative estimate of drug-likeness (QED) is 0.902. The van der Waals surface area contributed by atoms with Gasteiger partial charge < -0.3 is 15.2 Å². The predicted molar refractivity (Wildman–Crippen MR) is 75.2 cm³/mol. The van der Waals surface area contributed by atoms with Crippen molar-refractivity contribution in [3.05, 3.63) is 35.7 Å². The molecule has 0 aliphatic carbocycles. The Balaban J connectivity index is 2.11. The number of carboxylic acid groups (broad SMARTS) is 1. The number of pyridine rings is 1. The van der Waals surface area contributed by atoms with Crippen molar-refractivity contribution < 1.29 is 19.4 Å². The fourth-order valence-corrected chi connectivity index (χ4v) is 1.79. The molecule has 0 aromatic carbocycles. The summed E-state index contributed by atoms with van der Waals surface area (Å²) in [4.78, 5) is 22.6. The Kier molecular flexibility index (Phi) is 3.84. The fourth-order valence-electron chi connectivity index (χ4n) is 1.79. The normalized spacial score (nSPS) is 11.4. The maximum atomic E-state index is 11.6. The number of fused-ring (bicyclic) bond motifs is 1. The van der Waals surface area contributed by atoms with E-state index in [0.29, 0.717) is 5.52 Å². The topological polar surface area (TPSA) is 92.9 Å². The minimum absolute atomic E-state index is 0.120. The number of amides is 1. The fraction of sp³-hybridized carbons (Fsp3) is 0.357. The van der Waals surface area contributed by atoms with Crippen LogP contribution >= 0.6 is 0 Å². The predicted octanol–water partition coefficient (Wildman–Crippen LogP) is 2.06. The van der Waals surface area contributed by atoms with Crippen molar-refractivity contribution in [3.63, 3.8) is 0 Å². The Morgan fingerprint density at radius 1 is 1.43 bits per heavy atom. The molecule has 0 unspecified atom stereocenters. The summed E-state index contributed by atoms with van der Waals surface area (Å²) >= 11 is 0. The lowest BCUT2D eigenvalue weighted by Crippen LogP contribution is -2.32. The molecule has 7 nitrogen and oxygen atoms in total. The van der Waals surface area contributed by atoms with Gasteiger partial charge in [0.2, 0.25) is 0 Å². The van der Waals surface area contributed by atoms with Crippen molar-refractivity contribution in [1.29, 1.82) is 0 Å². The van der Waals surface area contributed by atoms with Crippen LogP contribution in [0.5, 0.6) is 0 Å². The summed E-state index contributed by atoms with van der Waals surface area (Å²) in [7, 11) is 0. The number of ether oxygens (including phenoxy) is 1. The van der Waals surface area contributed by atoms with Gasteiger partial charge in [-0.3, -0.25) is 0 Å². The van der Waals surface area contributed by atoms with Gasteiger partial charge >= 0.3 is 12.1 Å². The van der Waals surface area contributed by atoms with E-state index in [4.69, 9.17) is 9.84 Å². The van der Waals surface area contributed by atoms with E-state index in [9.17, 15) is 9.59 Å². The molecule has 2 N–H and O–H groups in total. The number of carboxylic acids is 1. The molecule has 2 heterocycles. The van der Waals surface area contributed by atoms with Gasteiger partial charge in [-0.15, -0.1) is 0 Å². The number of aromatic carboxylic acids is 1. The van der Waals surface area contributed by atoms with Gasteiger partial charge in [0.1, 0.15) is 11.2 Å². The molecule has 2 rings (SSSR count). The highest BCUT2D eigenvalue weighted by Gasteiger charge is 2.16. The SMILES string of the molecule is CC(C)(C)OC(=O)NCc1ccn2ncc(C(=O)O)c2c1. The van der Waals surface area contributed by atoms with Crippen molar-refractivity contribution in [3.8, 4) is 0 Å². The monoisotopic (exact) mass is 291 g/mol. The Bertz CT molecular complexity index is 685. The van der Waals surface area contributed by atoms with Crippen LogP contribution in [0.4, 0.5) is 4.79 Å². The Hall–Kier alpha value is -2.57. The number of nitrogens with one attached hydrogen (secondary N) is 1. The van der Waals surface area contributed by atoms with Crippen LogP contribution in [0, 0.1) is 0 Å². The highest BCUT2D eigenvalue weighted by molar-refractivity contribution is 5.95. The first-order chi connectivity index (χ1) is 9.76. The molecule has 0 fully saturated rings. The molecule has 2 aromatic rings. The van der Waals surface area contributed by atoms with Gasteiger partial charge in [0.05, 0.1) is 11.7 Å². The standard InChI is InChI=1S/C14H17N3O4/c1-14(2,3)21-13(20)15-7-9-4-5-17-11(6-9)10(8-16-17)12(18)19/h4-6,8H,7H2,1-3H3,(H,15,20)(H,18,19). The van der Waals surface area contributed by atoms with Crippen molar-refractivity contribution in [2.24, 2.45) is 0 Å². The van der Waals surface area contributed by atoms with E-state index in [1.54, 1.807) is 39.1 Å². The molecular weight excluding hydrogens is 274 g/mol. The molecule has 0 bridgehead atoms. The van der Waals surface area contributed by atoms with Crippen molar-refractivity contribution >= 4 is 17.6 Å². The lowest BCUT2D eigenvalue weighted by Gasteiger charge is -2.19. The van der Waals surface area contributed by atoms with Gasteiger partial charge in [-0.2, -0.15) is 5.10 Å². The molecule has 0 spiro atoms. The summed E-state index contributed by atoms with van der Waals surface area (Å²) < 4.78 is 6.60. The van der Waals surface area contributed by atoms with E-state index < -0.39 is 17.7 Å². The van der Waals surface area contributed by atoms with Crippen LogP contribution in [0.3, 0.4) is 0 Å². The summed E-state index contributed by atoms with van der Waals surface area (Å²) in [5.41, 5.74) is 0.798. The summed E-state index contributed by atoms with van der Waals surface area (Å²) in [5.74, 6) is -1.04. The summed E-state index contributed by atoms with van der Waals surface area (Å²) in [6, 6.07) is 3.43. The minimum atomic E-state index is -1.04. The first-order valence-electron chi connectivity index (χ1n) is 6.43. The lowest BCUT2D eigenvalue weighted by molar-refractivity contribution is 0.0523. The molecule has 1 amide bonds. The maximum absolute atomic E-state index is 11.6. The zero-order chi connectivity index (χ0) is 15.6. The lowest BCUT2D eigenvalue weighted by atomic mass is 10.2. The van der Waals surface area contributed by atoms with E-state index in [1.165, 1.54) is 10.7 Å². The number of rotatable bonds is 3. The molecule has 21 heavy (non-hydrogen) atoms. The number of aromatic nitrogens is 2. The van der Waals surface area contributed by atoms with Gasteiger partial charge in [-0.05, 0) is 38.5 Å². The molecule has 0 aliphatic rings. The second-order valence-corrected chi connectivity index (χ2v) is 5.58. The van der Waals surface area contributed by atoms with Gasteiger partial charge in [0.15, 0.2) is 0 Å². The largest absolute Gasteiger partial charge is 0.478 e. The third-order valence-corrected chi connectivity index (χ3v) is 2.65. The molecule has 0 radical (unpaired) electrons. The Labute approximate surface area is 121 Å². The third kappa shape index (κ3) is 3.71. The van der Waals surface area contributed by atoms with Crippen LogP contribution in [-0.4, -0.2) is 32.4 Å². The van der Waals surface area contributed by atoms with E-state index in [0.717, 1.165) is 5.56 Å². The van der Waals surface area contributed by atoms with Crippen molar-refractivity contribution in [2.75, 3.05) is 0 Å². The molecule has 2 aromatic heterocycles. The average Bonchev–Trinajstić information content (AvgIpc) is 2.77. The van der Waals surface area contributed by atoms with E-state index in [2.05, 4.69) is 10.4 Å². The molecule has 0 saturated heterocycles. The van der Waals surface area contributed by atoms with E-state index in [-0.39, 0.29) is 12.1 Å². The highest BCUT2D eigenvalue weighted by atomic mass is 16.6.